The SMILES string of the molecule is CC1C[C@H](C(=O)NCc2nn[nH]n2)[C@H](C(=O)O)C1. The molecule has 8 heteroatoms. The van der Waals surface area contributed by atoms with Crippen LogP contribution in [0.2, 0.25) is 0 Å². The average Bonchev–Trinajstić information content (AvgIpc) is 2.94. The highest BCUT2D eigenvalue weighted by molar-refractivity contribution is 5.85. The molecule has 8 nitrogen and oxygen atoms in total. The Morgan fingerprint density at radius 3 is 2.78 bits per heavy atom. The van der Waals surface area contributed by atoms with Crippen LogP contribution in [0.3, 0.4) is 0 Å². The Morgan fingerprint density at radius 1 is 1.44 bits per heavy atom. The lowest BCUT2D eigenvalue weighted by atomic mass is 9.95. The lowest BCUT2D eigenvalue weighted by molar-refractivity contribution is -0.146. The Morgan fingerprint density at radius 2 is 2.17 bits per heavy atom. The molecule has 1 saturated carbocycles. The summed E-state index contributed by atoms with van der Waals surface area (Å²) in [5.74, 6) is -1.58. The van der Waals surface area contributed by atoms with Crippen LogP contribution in [0, 0.1) is 17.8 Å². The quantitative estimate of drug-likeness (QED) is 0.669. The smallest absolute Gasteiger partial charge is 0.307 e. The predicted octanol–water partition coefficient (Wildman–Crippen LogP) is -0.437. The van der Waals surface area contributed by atoms with Crippen molar-refractivity contribution in [3.8, 4) is 0 Å². The largest absolute Gasteiger partial charge is 0.481 e. The van der Waals surface area contributed by atoms with Gasteiger partial charge in [-0.3, -0.25) is 9.59 Å². The van der Waals surface area contributed by atoms with E-state index in [2.05, 4.69) is 25.9 Å². The van der Waals surface area contributed by atoms with Crippen LogP contribution >= 0.6 is 0 Å². The van der Waals surface area contributed by atoms with Crippen molar-refractivity contribution in [2.24, 2.45) is 17.8 Å². The predicted molar refractivity (Wildman–Crippen MR) is 59.0 cm³/mol. The number of aliphatic carboxylic acids is 1. The van der Waals surface area contributed by atoms with Gasteiger partial charge in [0, 0.05) is 0 Å². The first-order valence-electron chi connectivity index (χ1n) is 5.80. The van der Waals surface area contributed by atoms with Gasteiger partial charge in [0.15, 0.2) is 5.82 Å². The van der Waals surface area contributed by atoms with Gasteiger partial charge in [-0.15, -0.1) is 10.2 Å². The number of carbonyl (C=O) groups is 2. The molecule has 0 spiro atoms. The summed E-state index contributed by atoms with van der Waals surface area (Å²) in [5.41, 5.74) is 0. The minimum Gasteiger partial charge on any atom is -0.481 e. The van der Waals surface area contributed by atoms with Crippen molar-refractivity contribution >= 4 is 11.9 Å². The number of aromatic amines is 1. The van der Waals surface area contributed by atoms with Crippen molar-refractivity contribution in [2.45, 2.75) is 26.3 Å². The molecule has 1 aromatic heterocycles. The van der Waals surface area contributed by atoms with Crippen LogP contribution < -0.4 is 5.32 Å². The number of rotatable bonds is 4. The van der Waals surface area contributed by atoms with Gasteiger partial charge < -0.3 is 10.4 Å². The fraction of sp³-hybridized carbons (Fsp3) is 0.700. The summed E-state index contributed by atoms with van der Waals surface area (Å²) >= 11 is 0. The molecule has 0 radical (unpaired) electrons. The van der Waals surface area contributed by atoms with E-state index in [4.69, 9.17) is 5.11 Å². The molecule has 2 rings (SSSR count). The fourth-order valence-corrected chi connectivity index (χ4v) is 2.41. The third-order valence-corrected chi connectivity index (χ3v) is 3.26. The molecule has 0 aromatic carbocycles. The molecular weight excluding hydrogens is 238 g/mol. The Bertz CT molecular complexity index is 433. The zero-order valence-electron chi connectivity index (χ0n) is 9.96. The second kappa shape index (κ2) is 5.11. The second-order valence-electron chi connectivity index (χ2n) is 4.67. The number of nitrogens with zero attached hydrogens (tertiary/aromatic N) is 3. The number of hydrogen-bond donors (Lipinski definition) is 3. The van der Waals surface area contributed by atoms with Gasteiger partial charge in [0.25, 0.3) is 0 Å². The summed E-state index contributed by atoms with van der Waals surface area (Å²) in [7, 11) is 0. The molecule has 1 unspecified atom stereocenters. The molecule has 1 fully saturated rings. The van der Waals surface area contributed by atoms with Crippen LogP contribution in [0.25, 0.3) is 0 Å². The number of tetrazole rings is 1. The zero-order valence-corrected chi connectivity index (χ0v) is 9.96. The maximum Gasteiger partial charge on any atom is 0.307 e. The van der Waals surface area contributed by atoms with E-state index in [9.17, 15) is 9.59 Å². The van der Waals surface area contributed by atoms with Gasteiger partial charge in [0.2, 0.25) is 5.91 Å². The van der Waals surface area contributed by atoms with Crippen LogP contribution in [0.4, 0.5) is 0 Å². The molecule has 1 heterocycles. The summed E-state index contributed by atoms with van der Waals surface area (Å²) < 4.78 is 0. The number of hydrogen-bond acceptors (Lipinski definition) is 5. The van der Waals surface area contributed by atoms with Gasteiger partial charge in [-0.05, 0) is 18.8 Å². The van der Waals surface area contributed by atoms with Crippen molar-refractivity contribution in [1.82, 2.24) is 25.9 Å². The lowest BCUT2D eigenvalue weighted by Gasteiger charge is -2.14. The first-order valence-corrected chi connectivity index (χ1v) is 5.80. The Hall–Kier alpha value is -1.99. The number of carboxylic acid groups (broad SMARTS) is 1. The number of carboxylic acids is 1. The molecular formula is C10H15N5O3. The van der Waals surface area contributed by atoms with E-state index in [0.717, 1.165) is 0 Å². The summed E-state index contributed by atoms with van der Waals surface area (Å²) in [4.78, 5) is 23.0. The van der Waals surface area contributed by atoms with Gasteiger partial charge >= 0.3 is 5.97 Å². The van der Waals surface area contributed by atoms with Gasteiger partial charge in [0.05, 0.1) is 18.4 Å². The van der Waals surface area contributed by atoms with Crippen LogP contribution in [0.15, 0.2) is 0 Å². The molecule has 1 amide bonds. The zero-order chi connectivity index (χ0) is 13.1. The minimum absolute atomic E-state index is 0.159. The van der Waals surface area contributed by atoms with E-state index in [-0.39, 0.29) is 18.4 Å². The van der Waals surface area contributed by atoms with E-state index in [1.165, 1.54) is 0 Å². The van der Waals surface area contributed by atoms with Gasteiger partial charge in [-0.2, -0.15) is 5.21 Å². The maximum absolute atomic E-state index is 11.9. The van der Waals surface area contributed by atoms with Gasteiger partial charge in [-0.25, -0.2) is 0 Å². The summed E-state index contributed by atoms with van der Waals surface area (Å²) in [5, 5.41) is 24.8. The fourth-order valence-electron chi connectivity index (χ4n) is 2.41. The monoisotopic (exact) mass is 253 g/mol. The number of aromatic nitrogens is 4. The number of carbonyl (C=O) groups excluding carboxylic acids is 1. The molecule has 1 aliphatic rings. The minimum atomic E-state index is -0.904. The molecule has 3 N–H and O–H groups in total. The molecule has 3 atom stereocenters. The third kappa shape index (κ3) is 2.63. The topological polar surface area (TPSA) is 121 Å². The van der Waals surface area contributed by atoms with E-state index in [1.54, 1.807) is 0 Å². The first-order chi connectivity index (χ1) is 8.58. The number of amides is 1. The van der Waals surface area contributed by atoms with E-state index < -0.39 is 17.8 Å². The van der Waals surface area contributed by atoms with Crippen molar-refractivity contribution in [3.05, 3.63) is 5.82 Å². The lowest BCUT2D eigenvalue weighted by Crippen LogP contribution is -2.35. The van der Waals surface area contributed by atoms with Crippen molar-refractivity contribution < 1.29 is 14.7 Å². The van der Waals surface area contributed by atoms with Gasteiger partial charge in [0.1, 0.15) is 0 Å². The number of nitrogens with one attached hydrogen (secondary N) is 2. The van der Waals surface area contributed by atoms with E-state index >= 15 is 0 Å². The summed E-state index contributed by atoms with van der Waals surface area (Å²) in [6, 6.07) is 0. The van der Waals surface area contributed by atoms with Crippen LogP contribution in [0.1, 0.15) is 25.6 Å². The molecule has 0 saturated heterocycles. The highest BCUT2D eigenvalue weighted by Gasteiger charge is 2.41. The Labute approximate surface area is 103 Å². The summed E-state index contributed by atoms with van der Waals surface area (Å²) in [6.45, 7) is 2.12. The normalized spacial score (nSPS) is 27.1. The standard InChI is InChI=1S/C10H15N5O3/c1-5-2-6(7(3-5)10(17)18)9(16)11-4-8-12-14-15-13-8/h5-7H,2-4H2,1H3,(H,11,16)(H,17,18)(H,12,13,14,15)/t5?,6-,7+/m0/s1. The van der Waals surface area contributed by atoms with Crippen LogP contribution in [-0.4, -0.2) is 37.6 Å². The number of H-pyrrole nitrogens is 1. The highest BCUT2D eigenvalue weighted by atomic mass is 16.4. The summed E-state index contributed by atoms with van der Waals surface area (Å²) in [6.07, 6.45) is 1.16. The van der Waals surface area contributed by atoms with Crippen molar-refractivity contribution in [2.75, 3.05) is 0 Å². The third-order valence-electron chi connectivity index (χ3n) is 3.26. The van der Waals surface area contributed by atoms with Crippen LogP contribution in [-0.2, 0) is 16.1 Å². The second-order valence-corrected chi connectivity index (χ2v) is 4.67. The molecule has 0 bridgehead atoms. The Balaban J connectivity index is 1.93. The highest BCUT2D eigenvalue weighted by Crippen LogP contribution is 2.36. The molecule has 1 aliphatic carbocycles. The van der Waals surface area contributed by atoms with Crippen molar-refractivity contribution in [3.63, 3.8) is 0 Å². The molecule has 98 valence electrons. The van der Waals surface area contributed by atoms with Crippen LogP contribution in [0.5, 0.6) is 0 Å². The first kappa shape index (κ1) is 12.5. The maximum atomic E-state index is 11.9. The van der Waals surface area contributed by atoms with Gasteiger partial charge in [-0.1, -0.05) is 12.1 Å². The Kier molecular flexibility index (Phi) is 3.54. The molecule has 1 aromatic rings. The van der Waals surface area contributed by atoms with Crippen molar-refractivity contribution in [1.29, 1.82) is 0 Å². The van der Waals surface area contributed by atoms with E-state index in [0.29, 0.717) is 18.7 Å². The average molecular weight is 253 g/mol. The molecule has 18 heavy (non-hydrogen) atoms. The van der Waals surface area contributed by atoms with E-state index in [1.807, 2.05) is 6.92 Å². The molecule has 0 aliphatic heterocycles.